The van der Waals surface area contributed by atoms with Gasteiger partial charge < -0.3 is 14.8 Å². The summed E-state index contributed by atoms with van der Waals surface area (Å²) < 4.78 is 1.86. The first kappa shape index (κ1) is 22.6. The molecule has 1 unspecified atom stereocenters. The van der Waals surface area contributed by atoms with Crippen LogP contribution in [0.5, 0.6) is 0 Å². The van der Waals surface area contributed by atoms with Gasteiger partial charge in [0, 0.05) is 19.6 Å². The highest BCUT2D eigenvalue weighted by Crippen LogP contribution is 2.29. The Labute approximate surface area is 179 Å². The van der Waals surface area contributed by atoms with Crippen LogP contribution in [0.3, 0.4) is 0 Å². The molecule has 2 aliphatic rings. The zero-order valence-electron chi connectivity index (χ0n) is 17.8. The summed E-state index contributed by atoms with van der Waals surface area (Å²) in [5, 5.41) is 18.1. The quantitative estimate of drug-likeness (QED) is 0.333. The molecule has 1 aromatic rings. The Morgan fingerprint density at radius 2 is 1.90 bits per heavy atom. The van der Waals surface area contributed by atoms with Crippen LogP contribution in [0.4, 0.5) is 0 Å². The van der Waals surface area contributed by atoms with Gasteiger partial charge in [-0.05, 0) is 55.4 Å². The first-order chi connectivity index (χ1) is 14.8. The van der Waals surface area contributed by atoms with Crippen LogP contribution in [0, 0.1) is 6.92 Å². The average molecular weight is 428 g/mol. The summed E-state index contributed by atoms with van der Waals surface area (Å²) in [6.45, 7) is 4.63. The van der Waals surface area contributed by atoms with E-state index in [2.05, 4.69) is 15.0 Å². The van der Waals surface area contributed by atoms with Crippen LogP contribution >= 0.6 is 0 Å². The molecule has 0 aliphatic carbocycles. The topological polar surface area (TPSA) is 138 Å². The molecule has 3 N–H and O–H groups in total. The minimum absolute atomic E-state index is 0.0848. The van der Waals surface area contributed by atoms with Crippen LogP contribution in [-0.4, -0.2) is 42.3 Å². The molecule has 1 aromatic carbocycles. The van der Waals surface area contributed by atoms with E-state index in [4.69, 9.17) is 5.11 Å². The van der Waals surface area contributed by atoms with E-state index in [9.17, 15) is 19.5 Å². The third-order valence-corrected chi connectivity index (χ3v) is 5.61. The van der Waals surface area contributed by atoms with Crippen molar-refractivity contribution in [2.45, 2.75) is 64.8 Å². The molecule has 0 fully saturated rings. The summed E-state index contributed by atoms with van der Waals surface area (Å²) in [6.07, 6.45) is 3.74. The Morgan fingerprint density at radius 3 is 2.61 bits per heavy atom. The minimum atomic E-state index is -0.799. The number of aliphatic hydroxyl groups excluding tert-OH is 1. The van der Waals surface area contributed by atoms with E-state index in [1.165, 1.54) is 0 Å². The van der Waals surface area contributed by atoms with Crippen molar-refractivity contribution >= 4 is 17.0 Å². The molecule has 0 amide bonds. The summed E-state index contributed by atoms with van der Waals surface area (Å²) in [7, 11) is 0. The fourth-order valence-corrected chi connectivity index (χ4v) is 3.97. The molecule has 2 heterocycles. The lowest BCUT2D eigenvalue weighted by molar-refractivity contribution is -0.137. The maximum absolute atomic E-state index is 12.4. The molecule has 0 spiro atoms. The summed E-state index contributed by atoms with van der Waals surface area (Å²) in [6, 6.07) is 3.93. The first-order valence-corrected chi connectivity index (χ1v) is 10.6. The molecular formula is C22H28N4O5. The summed E-state index contributed by atoms with van der Waals surface area (Å²) in [5.74, 6) is -0.417. The minimum Gasteiger partial charge on any atom is -0.481 e. The second-order valence-electron chi connectivity index (χ2n) is 7.98. The van der Waals surface area contributed by atoms with Crippen molar-refractivity contribution in [3.8, 4) is 11.5 Å². The molecule has 9 heteroatoms. The maximum Gasteiger partial charge on any atom is 0.349 e. The Balaban J connectivity index is 2.05. The lowest BCUT2D eigenvalue weighted by Crippen LogP contribution is -2.29. The zero-order valence-corrected chi connectivity index (χ0v) is 17.8. The van der Waals surface area contributed by atoms with Gasteiger partial charge in [0.25, 0.3) is 5.56 Å². The van der Waals surface area contributed by atoms with Crippen LogP contribution in [0.2, 0.25) is 0 Å². The van der Waals surface area contributed by atoms with E-state index in [0.29, 0.717) is 24.9 Å². The van der Waals surface area contributed by atoms with Crippen molar-refractivity contribution in [1.82, 2.24) is 19.5 Å². The maximum atomic E-state index is 12.4. The molecule has 166 valence electrons. The number of nitrogens with zero attached hydrogens (tertiary/aromatic N) is 3. The van der Waals surface area contributed by atoms with E-state index < -0.39 is 17.2 Å². The molecule has 3 rings (SSSR count). The van der Waals surface area contributed by atoms with Crippen molar-refractivity contribution in [1.29, 1.82) is 0 Å². The number of unbranched alkanes of at least 4 members (excludes halogenated alkanes) is 3. The molecule has 0 saturated heterocycles. The number of nitrogens with one attached hydrogen (secondary N) is 1. The van der Waals surface area contributed by atoms with E-state index >= 15 is 0 Å². The van der Waals surface area contributed by atoms with Gasteiger partial charge in [0.15, 0.2) is 11.5 Å². The molecule has 0 bridgehead atoms. The van der Waals surface area contributed by atoms with E-state index in [1.54, 1.807) is 0 Å². The number of rotatable bonds is 10. The lowest BCUT2D eigenvalue weighted by Gasteiger charge is -2.20. The van der Waals surface area contributed by atoms with Crippen molar-refractivity contribution in [3.63, 3.8) is 0 Å². The number of carboxylic acids is 1. The van der Waals surface area contributed by atoms with Gasteiger partial charge in [-0.25, -0.2) is 9.78 Å². The molecule has 31 heavy (non-hydrogen) atoms. The number of aliphatic hydroxyl groups is 1. The van der Waals surface area contributed by atoms with Crippen LogP contribution < -0.4 is 11.2 Å². The normalized spacial score (nSPS) is 12.5. The predicted octanol–water partition coefficient (Wildman–Crippen LogP) is 2.41. The zero-order chi connectivity index (χ0) is 22.5. The third-order valence-electron chi connectivity index (χ3n) is 5.61. The van der Waals surface area contributed by atoms with Gasteiger partial charge in [0.2, 0.25) is 0 Å². The predicted molar refractivity (Wildman–Crippen MR) is 117 cm³/mol. The number of benzene rings is 1. The number of H-pyrrole nitrogens is 1. The van der Waals surface area contributed by atoms with Crippen LogP contribution in [0.25, 0.3) is 22.6 Å². The van der Waals surface area contributed by atoms with Crippen molar-refractivity contribution in [2.24, 2.45) is 0 Å². The summed E-state index contributed by atoms with van der Waals surface area (Å²) >= 11 is 0. The largest absolute Gasteiger partial charge is 0.481 e. The number of hydrogen-bond acceptors (Lipinski definition) is 6. The molecule has 9 nitrogen and oxygen atoms in total. The van der Waals surface area contributed by atoms with Gasteiger partial charge >= 0.3 is 11.7 Å². The molecular weight excluding hydrogens is 400 g/mol. The van der Waals surface area contributed by atoms with E-state index in [1.807, 2.05) is 30.5 Å². The number of aromatic nitrogens is 4. The number of carboxylic acid groups (broad SMARTS) is 1. The average Bonchev–Trinajstić information content (AvgIpc) is 2.70. The number of aromatic amines is 1. The highest BCUT2D eigenvalue weighted by Gasteiger charge is 2.20. The lowest BCUT2D eigenvalue weighted by atomic mass is 9.93. The smallest absolute Gasteiger partial charge is 0.349 e. The van der Waals surface area contributed by atoms with Gasteiger partial charge in [-0.3, -0.25) is 14.6 Å². The number of aryl methyl sites for hydroxylation is 2. The van der Waals surface area contributed by atoms with Crippen molar-refractivity contribution < 1.29 is 15.0 Å². The highest BCUT2D eigenvalue weighted by molar-refractivity contribution is 5.81. The monoisotopic (exact) mass is 428 g/mol. The number of fused-ring (bicyclic) bond motifs is 2. The van der Waals surface area contributed by atoms with Crippen LogP contribution in [-0.2, 0) is 11.3 Å². The van der Waals surface area contributed by atoms with E-state index in [0.717, 1.165) is 35.9 Å². The highest BCUT2D eigenvalue weighted by atomic mass is 16.4. The molecule has 2 aliphatic heterocycles. The second kappa shape index (κ2) is 9.82. The van der Waals surface area contributed by atoms with Gasteiger partial charge in [-0.1, -0.05) is 19.8 Å². The standard InChI is InChI=1S/C22H28N4O5/c1-13(8-10-27)15-12-17-16(11-14(15)2)23-19-20(24-22(31)25-21(19)30)26(17)9-6-4-3-5-7-18(28)29/h11-13,27H,3-10H2,1-2H3,(H,28,29)(H,25,30,31). The number of carbonyl (C=O) groups is 1. The van der Waals surface area contributed by atoms with E-state index in [-0.39, 0.29) is 30.5 Å². The van der Waals surface area contributed by atoms with Gasteiger partial charge in [-0.2, -0.15) is 4.98 Å². The van der Waals surface area contributed by atoms with Gasteiger partial charge in [0.05, 0.1) is 11.0 Å². The Kier molecular flexibility index (Phi) is 7.17. The van der Waals surface area contributed by atoms with Gasteiger partial charge in [0.1, 0.15) is 0 Å². The van der Waals surface area contributed by atoms with Crippen LogP contribution in [0.1, 0.15) is 62.5 Å². The summed E-state index contributed by atoms with van der Waals surface area (Å²) in [4.78, 5) is 45.6. The molecule has 0 radical (unpaired) electrons. The first-order valence-electron chi connectivity index (χ1n) is 10.6. The number of hydrogen-bond donors (Lipinski definition) is 3. The third kappa shape index (κ3) is 5.16. The van der Waals surface area contributed by atoms with Crippen LogP contribution in [0.15, 0.2) is 21.7 Å². The Bertz CT molecular complexity index is 1170. The Hall–Kier alpha value is -3.07. The van der Waals surface area contributed by atoms with Crippen molar-refractivity contribution in [2.75, 3.05) is 6.61 Å². The molecule has 0 aromatic heterocycles. The number of aliphatic carboxylic acids is 1. The molecule has 0 saturated carbocycles. The van der Waals surface area contributed by atoms with Gasteiger partial charge in [-0.15, -0.1) is 0 Å². The van der Waals surface area contributed by atoms with Crippen molar-refractivity contribution in [3.05, 3.63) is 44.1 Å². The second-order valence-corrected chi connectivity index (χ2v) is 7.98. The Morgan fingerprint density at radius 1 is 1.16 bits per heavy atom. The summed E-state index contributed by atoms with van der Waals surface area (Å²) in [5.41, 5.74) is 2.35. The fraction of sp³-hybridized carbons (Fsp3) is 0.500. The fourth-order valence-electron chi connectivity index (χ4n) is 3.97. The SMILES string of the molecule is Cc1cc2nc3c(=O)[nH]c(=O)nc-3n(CCCCCCC(=O)O)c2cc1C(C)CCO. The molecule has 1 atom stereocenters.